The maximum atomic E-state index is 15.0. The van der Waals surface area contributed by atoms with Crippen LogP contribution in [0.4, 0.5) is 19.3 Å². The Labute approximate surface area is 192 Å². The number of carbonyl (C=O) groups excluding carboxylic acids is 1. The van der Waals surface area contributed by atoms with Crippen molar-refractivity contribution in [1.82, 2.24) is 20.0 Å². The molecule has 0 N–H and O–H groups in total. The van der Waals surface area contributed by atoms with Crippen molar-refractivity contribution in [2.45, 2.75) is 18.1 Å². The van der Waals surface area contributed by atoms with Gasteiger partial charge in [0.15, 0.2) is 0 Å². The zero-order chi connectivity index (χ0) is 23.4. The van der Waals surface area contributed by atoms with Crippen LogP contribution < -0.4 is 4.90 Å². The lowest BCUT2D eigenvalue weighted by Crippen LogP contribution is -2.26. The molecule has 2 aliphatic heterocycles. The van der Waals surface area contributed by atoms with E-state index in [1.165, 1.54) is 22.0 Å². The second-order valence-electron chi connectivity index (χ2n) is 8.69. The lowest BCUT2D eigenvalue weighted by Gasteiger charge is -2.16. The molecule has 34 heavy (non-hydrogen) atoms. The van der Waals surface area contributed by atoms with Crippen molar-refractivity contribution in [3.8, 4) is 17.2 Å². The standard InChI is InChI=1S/C23H18F2N6O3/c24-18-5-14(31-9-15(34-22(31)32)8-30-4-3-28-29-30)6-19(25)21(18)13-1-2-20(27-7-13)23(12-26)16-10-33-11-17(16)23/h1-7,15-17H,8-11H2/t15-,16-,17+,23+/m0/s1. The molecule has 4 heterocycles. The van der Waals surface area contributed by atoms with Gasteiger partial charge in [0.05, 0.1) is 55.5 Å². The second-order valence-corrected chi connectivity index (χ2v) is 8.69. The van der Waals surface area contributed by atoms with Crippen molar-refractivity contribution >= 4 is 11.8 Å². The fourth-order valence-corrected chi connectivity index (χ4v) is 5.10. The monoisotopic (exact) mass is 464 g/mol. The normalized spacial score (nSPS) is 27.4. The number of nitriles is 1. The largest absolute Gasteiger partial charge is 0.442 e. The van der Waals surface area contributed by atoms with Gasteiger partial charge in [0, 0.05) is 29.8 Å². The minimum Gasteiger partial charge on any atom is -0.442 e. The number of nitrogens with zero attached hydrogens (tertiary/aromatic N) is 6. The highest BCUT2D eigenvalue weighted by molar-refractivity contribution is 5.90. The first-order chi connectivity index (χ1) is 16.5. The van der Waals surface area contributed by atoms with Gasteiger partial charge in [0.1, 0.15) is 23.2 Å². The van der Waals surface area contributed by atoms with Crippen molar-refractivity contribution in [3.05, 3.63) is 60.2 Å². The number of pyridine rings is 1. The van der Waals surface area contributed by atoms with E-state index in [1.807, 2.05) is 0 Å². The van der Waals surface area contributed by atoms with Gasteiger partial charge in [0.2, 0.25) is 0 Å². The van der Waals surface area contributed by atoms with E-state index in [-0.39, 0.29) is 41.7 Å². The molecule has 1 aromatic carbocycles. The number of halogens is 2. The molecule has 0 unspecified atom stereocenters. The summed E-state index contributed by atoms with van der Waals surface area (Å²) in [5, 5.41) is 17.2. The number of carbonyl (C=O) groups is 1. The molecule has 3 aromatic rings. The molecule has 3 fully saturated rings. The maximum Gasteiger partial charge on any atom is 0.414 e. The van der Waals surface area contributed by atoms with Crippen LogP contribution in [0, 0.1) is 34.8 Å². The predicted octanol–water partition coefficient (Wildman–Crippen LogP) is 2.68. The van der Waals surface area contributed by atoms with E-state index in [9.17, 15) is 10.1 Å². The van der Waals surface area contributed by atoms with E-state index in [1.54, 1.807) is 18.3 Å². The molecule has 0 spiro atoms. The van der Waals surface area contributed by atoms with Crippen molar-refractivity contribution in [1.29, 1.82) is 5.26 Å². The first-order valence-corrected chi connectivity index (χ1v) is 10.8. The van der Waals surface area contributed by atoms with Crippen LogP contribution >= 0.6 is 0 Å². The molecule has 6 rings (SSSR count). The van der Waals surface area contributed by atoms with Gasteiger partial charge < -0.3 is 9.47 Å². The average molecular weight is 464 g/mol. The SMILES string of the molecule is N#C[C@]1(c2ccc(-c3c(F)cc(N4C[C@H](Cn5ccnn5)OC4=O)cc3F)cn2)[C@@H]2COC[C@@H]21. The molecule has 172 valence electrons. The van der Waals surface area contributed by atoms with Gasteiger partial charge in [0.25, 0.3) is 0 Å². The van der Waals surface area contributed by atoms with Gasteiger partial charge in [-0.2, -0.15) is 5.26 Å². The van der Waals surface area contributed by atoms with Gasteiger partial charge in [-0.1, -0.05) is 11.3 Å². The predicted molar refractivity (Wildman–Crippen MR) is 112 cm³/mol. The zero-order valence-electron chi connectivity index (χ0n) is 17.8. The third-order valence-electron chi connectivity index (χ3n) is 6.88. The number of aromatic nitrogens is 4. The first-order valence-electron chi connectivity index (χ1n) is 10.8. The smallest absolute Gasteiger partial charge is 0.414 e. The van der Waals surface area contributed by atoms with Gasteiger partial charge in [-0.25, -0.2) is 18.3 Å². The maximum absolute atomic E-state index is 15.0. The zero-order valence-corrected chi connectivity index (χ0v) is 17.8. The first kappa shape index (κ1) is 20.7. The van der Waals surface area contributed by atoms with Crippen LogP contribution in [0.1, 0.15) is 5.69 Å². The van der Waals surface area contributed by atoms with Crippen LogP contribution in [0.5, 0.6) is 0 Å². The molecule has 2 saturated heterocycles. The lowest BCUT2D eigenvalue weighted by molar-refractivity contribution is 0.129. The van der Waals surface area contributed by atoms with Crippen molar-refractivity contribution in [2.75, 3.05) is 24.7 Å². The van der Waals surface area contributed by atoms with Crippen LogP contribution in [-0.2, 0) is 21.4 Å². The fraction of sp³-hybridized carbons (Fsp3) is 0.348. The van der Waals surface area contributed by atoms with Crippen LogP contribution in [0.2, 0.25) is 0 Å². The van der Waals surface area contributed by atoms with E-state index < -0.39 is 29.2 Å². The minimum atomic E-state index is -0.830. The van der Waals surface area contributed by atoms with E-state index in [0.29, 0.717) is 18.9 Å². The number of hydrogen-bond donors (Lipinski definition) is 0. The fourth-order valence-electron chi connectivity index (χ4n) is 5.10. The average Bonchev–Trinajstić information content (AvgIpc) is 3.34. The molecule has 9 nitrogen and oxygen atoms in total. The highest BCUT2D eigenvalue weighted by atomic mass is 19.1. The molecule has 4 atom stereocenters. The van der Waals surface area contributed by atoms with E-state index >= 15 is 8.78 Å². The summed E-state index contributed by atoms with van der Waals surface area (Å²) < 4.78 is 42.3. The number of hydrogen-bond acceptors (Lipinski definition) is 7. The minimum absolute atomic E-state index is 0.0589. The Morgan fingerprint density at radius 2 is 1.97 bits per heavy atom. The Hall–Kier alpha value is -3.91. The summed E-state index contributed by atoms with van der Waals surface area (Å²) in [6.45, 7) is 1.44. The summed E-state index contributed by atoms with van der Waals surface area (Å²) >= 11 is 0. The van der Waals surface area contributed by atoms with Crippen LogP contribution in [0.3, 0.4) is 0 Å². The molecular weight excluding hydrogens is 446 g/mol. The highest BCUT2D eigenvalue weighted by Gasteiger charge is 2.70. The third kappa shape index (κ3) is 3.06. The number of amides is 1. The summed E-state index contributed by atoms with van der Waals surface area (Å²) in [5.41, 5.74) is -0.0406. The Balaban J connectivity index is 1.24. The summed E-state index contributed by atoms with van der Waals surface area (Å²) in [6, 6.07) is 7.78. The van der Waals surface area contributed by atoms with Gasteiger partial charge in [-0.15, -0.1) is 5.10 Å². The van der Waals surface area contributed by atoms with Crippen molar-refractivity contribution in [3.63, 3.8) is 0 Å². The molecule has 1 amide bonds. The molecule has 3 aliphatic rings. The number of rotatable bonds is 5. The highest BCUT2D eigenvalue weighted by Crippen LogP contribution is 2.62. The molecule has 1 saturated carbocycles. The molecule has 11 heteroatoms. The van der Waals surface area contributed by atoms with Crippen LogP contribution in [-0.4, -0.2) is 51.9 Å². The Kier molecular flexibility index (Phi) is 4.60. The van der Waals surface area contributed by atoms with E-state index in [0.717, 1.165) is 12.1 Å². The number of ether oxygens (including phenoxy) is 2. The molecule has 2 aromatic heterocycles. The van der Waals surface area contributed by atoms with E-state index in [2.05, 4.69) is 21.4 Å². The Morgan fingerprint density at radius 1 is 1.21 bits per heavy atom. The van der Waals surface area contributed by atoms with Crippen LogP contribution in [0.25, 0.3) is 11.1 Å². The van der Waals surface area contributed by atoms with Gasteiger partial charge >= 0.3 is 6.09 Å². The second kappa shape index (κ2) is 7.56. The Bertz CT molecular complexity index is 1270. The van der Waals surface area contributed by atoms with E-state index in [4.69, 9.17) is 9.47 Å². The van der Waals surface area contributed by atoms with Crippen molar-refractivity contribution < 1.29 is 23.0 Å². The summed E-state index contributed by atoms with van der Waals surface area (Å²) in [4.78, 5) is 17.9. The summed E-state index contributed by atoms with van der Waals surface area (Å²) in [5.74, 6) is -1.44. The molecule has 0 bridgehead atoms. The number of fused-ring (bicyclic) bond motifs is 1. The summed E-state index contributed by atoms with van der Waals surface area (Å²) in [6.07, 6.45) is 3.29. The topological polar surface area (TPSA) is 106 Å². The molecular formula is C23H18F2N6O3. The van der Waals surface area contributed by atoms with Gasteiger partial charge in [-0.05, 0) is 18.2 Å². The van der Waals surface area contributed by atoms with Crippen molar-refractivity contribution in [2.24, 2.45) is 11.8 Å². The number of benzene rings is 1. The lowest BCUT2D eigenvalue weighted by atomic mass is 9.96. The molecule has 0 radical (unpaired) electrons. The third-order valence-corrected chi connectivity index (χ3v) is 6.88. The Morgan fingerprint density at radius 3 is 2.59 bits per heavy atom. The van der Waals surface area contributed by atoms with Gasteiger partial charge in [-0.3, -0.25) is 9.88 Å². The van der Waals surface area contributed by atoms with Crippen LogP contribution in [0.15, 0.2) is 42.9 Å². The number of anilines is 1. The number of cyclic esters (lactones) is 1. The summed E-state index contributed by atoms with van der Waals surface area (Å²) in [7, 11) is 0. The quantitative estimate of drug-likeness (QED) is 0.572. The molecule has 1 aliphatic carbocycles.